The van der Waals surface area contributed by atoms with Crippen LogP contribution in [0.5, 0.6) is 0 Å². The summed E-state index contributed by atoms with van der Waals surface area (Å²) in [6.07, 6.45) is 4.32. The maximum atomic E-state index is 8.69. The molecule has 1 aromatic heterocycles. The van der Waals surface area contributed by atoms with Gasteiger partial charge in [0, 0.05) is 0 Å². The topological polar surface area (TPSA) is 36.7 Å². The molecule has 2 rings (SSSR count). The number of rotatable bonds is 1. The van der Waals surface area contributed by atoms with Gasteiger partial charge in [0.25, 0.3) is 0 Å². The summed E-state index contributed by atoms with van der Waals surface area (Å²) in [4.78, 5) is 3.88. The molecule has 0 aliphatic carbocycles. The Bertz CT molecular complexity index is 475. The smallest absolute Gasteiger partial charge is 0.359 e. The number of hydrogen-bond acceptors (Lipinski definition) is 2. The van der Waals surface area contributed by atoms with Gasteiger partial charge in [-0.3, -0.25) is 5.26 Å². The molecule has 1 heterocycles. The van der Waals surface area contributed by atoms with Gasteiger partial charge in [0.15, 0.2) is 0 Å². The van der Waals surface area contributed by atoms with Crippen molar-refractivity contribution in [3.8, 4) is 17.2 Å². The predicted molar refractivity (Wildman–Crippen MR) is 59.6 cm³/mol. The van der Waals surface area contributed by atoms with Gasteiger partial charge in [-0.25, -0.2) is 0 Å². The molecule has 1 aromatic carbocycles. The first-order valence-corrected chi connectivity index (χ1v) is 4.23. The number of pyridine rings is 1. The third kappa shape index (κ3) is 3.26. The Hall–Kier alpha value is -1.52. The average molecular weight is 297 g/mol. The summed E-state index contributed by atoms with van der Waals surface area (Å²) in [6.45, 7) is 0. The average Bonchev–Trinajstić information content (AvgIpc) is 2.30. The summed E-state index contributed by atoms with van der Waals surface area (Å²) >= 11 is 0. The predicted octanol–water partition coefficient (Wildman–Crippen LogP) is 2.87. The zero-order chi connectivity index (χ0) is 9.80. The van der Waals surface area contributed by atoms with Gasteiger partial charge < -0.3 is 12.4 Å². The van der Waals surface area contributed by atoms with Crippen LogP contribution in [0.1, 0.15) is 5.56 Å². The van der Waals surface area contributed by atoms with Gasteiger partial charge in [0.05, 0.1) is 0 Å². The summed E-state index contributed by atoms with van der Waals surface area (Å²) in [7, 11) is 0. The second kappa shape index (κ2) is 6.87. The minimum absolute atomic E-state index is 0. The minimum Gasteiger partial charge on any atom is -0.359 e. The normalized spacial score (nSPS) is 8.19. The molecular weight excluding hydrogens is 287 g/mol. The Balaban J connectivity index is 0.00000112. The summed E-state index contributed by atoms with van der Waals surface area (Å²) in [5.74, 6) is 0. The summed E-state index contributed by atoms with van der Waals surface area (Å²) in [5.41, 5.74) is 2.47. The van der Waals surface area contributed by atoms with E-state index >= 15 is 0 Å². The molecule has 0 aliphatic rings. The number of nitriles is 1. The first kappa shape index (κ1) is 14.5. The van der Waals surface area contributed by atoms with Gasteiger partial charge in [0.1, 0.15) is 0 Å². The Morgan fingerprint density at radius 3 is 2.44 bits per heavy atom. The third-order valence-electron chi connectivity index (χ3n) is 1.92. The van der Waals surface area contributed by atoms with Gasteiger partial charge in [-0.2, -0.15) is 0 Å². The van der Waals surface area contributed by atoms with Crippen molar-refractivity contribution < 1.29 is 19.5 Å². The molecule has 81 valence electrons. The van der Waals surface area contributed by atoms with E-state index in [0.29, 0.717) is 5.56 Å². The van der Waals surface area contributed by atoms with Crippen molar-refractivity contribution in [2.24, 2.45) is 0 Å². The van der Waals surface area contributed by atoms with Crippen LogP contribution in [0.3, 0.4) is 0 Å². The van der Waals surface area contributed by atoms with Crippen LogP contribution in [0.2, 0.25) is 0 Å². The van der Waals surface area contributed by atoms with E-state index in [9.17, 15) is 0 Å². The van der Waals surface area contributed by atoms with Crippen molar-refractivity contribution >= 4 is 0 Å². The summed E-state index contributed by atoms with van der Waals surface area (Å²) in [5, 5.41) is 8.69. The molecule has 0 spiro atoms. The monoisotopic (exact) mass is 297 g/mol. The number of hydrogen-bond donors (Lipinski definition) is 0. The van der Waals surface area contributed by atoms with Crippen molar-refractivity contribution in [2.45, 2.75) is 0 Å². The Kier molecular flexibility index (Phi) is 6.22. The molecule has 1 radical (unpaired) electrons. The van der Waals surface area contributed by atoms with Crippen molar-refractivity contribution in [3.63, 3.8) is 0 Å². The summed E-state index contributed by atoms with van der Waals surface area (Å²) < 4.78 is 0. The third-order valence-corrected chi connectivity index (χ3v) is 1.92. The van der Waals surface area contributed by atoms with Gasteiger partial charge in [0.2, 0.25) is 0 Å². The van der Waals surface area contributed by atoms with Crippen LogP contribution in [0.15, 0.2) is 42.6 Å². The molecular formula is C13H10N2Rh. The molecule has 2 aromatic rings. The molecule has 0 fully saturated rings. The van der Waals surface area contributed by atoms with E-state index in [1.54, 1.807) is 12.3 Å². The molecule has 3 heteroatoms. The van der Waals surface area contributed by atoms with E-state index in [-0.39, 0.29) is 26.9 Å². The van der Waals surface area contributed by atoms with E-state index in [2.05, 4.69) is 11.2 Å². The summed E-state index contributed by atoms with van der Waals surface area (Å²) in [6, 6.07) is 13.6. The Morgan fingerprint density at radius 2 is 1.81 bits per heavy atom. The zero-order valence-electron chi connectivity index (χ0n) is 8.77. The number of benzene rings is 1. The van der Waals surface area contributed by atoms with Crippen molar-refractivity contribution in [2.75, 3.05) is 0 Å². The first-order valence-electron chi connectivity index (χ1n) is 4.23. The Morgan fingerprint density at radius 1 is 1.12 bits per heavy atom. The molecule has 0 saturated carbocycles. The first-order chi connectivity index (χ1) is 6.90. The second-order valence-electron chi connectivity index (χ2n) is 2.86. The fourth-order valence-electron chi connectivity index (χ4n) is 1.24. The minimum atomic E-state index is 0. The standard InChI is InChI=1S/C12H7N2.CH3.Rh/c13-7-10-6-12(9-14-8-10)11-4-2-1-3-5-11;;/h1-6,9H;1H3;/q2*-1;+2. The van der Waals surface area contributed by atoms with Crippen LogP contribution in [0.25, 0.3) is 11.1 Å². The van der Waals surface area contributed by atoms with Crippen LogP contribution in [0, 0.1) is 25.0 Å². The van der Waals surface area contributed by atoms with Crippen molar-refractivity contribution in [1.29, 1.82) is 5.26 Å². The van der Waals surface area contributed by atoms with Crippen LogP contribution in [0.4, 0.5) is 0 Å². The molecule has 16 heavy (non-hydrogen) atoms. The SMILES string of the molecule is N#Cc1[c-]ncc(-c2ccccc2)c1.[CH3-].[Rh+2]. The number of nitrogens with zero attached hydrogens (tertiary/aromatic N) is 2. The van der Waals surface area contributed by atoms with Crippen LogP contribution < -0.4 is 0 Å². The molecule has 0 saturated heterocycles. The van der Waals surface area contributed by atoms with Gasteiger partial charge in [-0.1, -0.05) is 41.5 Å². The Labute approximate surface area is 109 Å². The van der Waals surface area contributed by atoms with Crippen LogP contribution >= 0.6 is 0 Å². The van der Waals surface area contributed by atoms with Crippen molar-refractivity contribution in [3.05, 3.63) is 61.8 Å². The molecule has 0 amide bonds. The van der Waals surface area contributed by atoms with E-state index in [1.807, 2.05) is 36.4 Å². The molecule has 2 nitrogen and oxygen atoms in total. The van der Waals surface area contributed by atoms with Crippen LogP contribution in [-0.4, -0.2) is 4.98 Å². The molecule has 0 unspecified atom stereocenters. The molecule has 0 bridgehead atoms. The largest absolute Gasteiger partial charge is 2.00 e. The second-order valence-corrected chi connectivity index (χ2v) is 2.86. The van der Waals surface area contributed by atoms with E-state index in [1.165, 1.54) is 0 Å². The van der Waals surface area contributed by atoms with E-state index in [4.69, 9.17) is 5.26 Å². The van der Waals surface area contributed by atoms with Crippen molar-refractivity contribution in [1.82, 2.24) is 4.98 Å². The molecule has 0 atom stereocenters. The molecule has 0 aliphatic heterocycles. The van der Waals surface area contributed by atoms with E-state index < -0.39 is 0 Å². The maximum absolute atomic E-state index is 8.69. The number of aromatic nitrogens is 1. The van der Waals surface area contributed by atoms with Gasteiger partial charge in [-0.05, 0) is 24.0 Å². The zero-order valence-corrected chi connectivity index (χ0v) is 10.4. The van der Waals surface area contributed by atoms with Gasteiger partial charge >= 0.3 is 19.5 Å². The fraction of sp³-hybridized carbons (Fsp3) is 0. The maximum Gasteiger partial charge on any atom is 2.00 e. The fourth-order valence-corrected chi connectivity index (χ4v) is 1.24. The van der Waals surface area contributed by atoms with Crippen LogP contribution in [-0.2, 0) is 19.5 Å². The van der Waals surface area contributed by atoms with E-state index in [0.717, 1.165) is 11.1 Å². The van der Waals surface area contributed by atoms with Gasteiger partial charge in [-0.15, -0.1) is 6.07 Å². The quantitative estimate of drug-likeness (QED) is 0.599. The molecule has 0 N–H and O–H groups in total.